The van der Waals surface area contributed by atoms with Gasteiger partial charge in [-0.2, -0.15) is 5.26 Å². The quantitative estimate of drug-likeness (QED) is 0.734. The van der Waals surface area contributed by atoms with Crippen molar-refractivity contribution < 1.29 is 0 Å². The summed E-state index contributed by atoms with van der Waals surface area (Å²) < 4.78 is 2.24. The Morgan fingerprint density at radius 1 is 1.29 bits per heavy atom. The number of fused-ring (bicyclic) bond motifs is 1. The van der Waals surface area contributed by atoms with Crippen LogP contribution in [-0.4, -0.2) is 14.5 Å². The summed E-state index contributed by atoms with van der Waals surface area (Å²) in [7, 11) is 0. The average molecular weight is 276 g/mol. The third kappa shape index (κ3) is 2.63. The highest BCUT2D eigenvalue weighted by Crippen LogP contribution is 2.20. The number of benzene rings is 1. The van der Waals surface area contributed by atoms with Gasteiger partial charge < -0.3 is 4.57 Å². The Bertz CT molecular complexity index is 797. The van der Waals surface area contributed by atoms with Gasteiger partial charge in [-0.15, -0.1) is 0 Å². The topological polar surface area (TPSA) is 54.5 Å². The van der Waals surface area contributed by atoms with Crippen LogP contribution in [0.15, 0.2) is 42.7 Å². The molecule has 0 bridgehead atoms. The van der Waals surface area contributed by atoms with E-state index in [0.717, 1.165) is 41.8 Å². The van der Waals surface area contributed by atoms with E-state index in [1.807, 2.05) is 30.5 Å². The molecule has 0 N–H and O–H groups in total. The molecule has 1 aromatic carbocycles. The molecule has 0 saturated carbocycles. The monoisotopic (exact) mass is 276 g/mol. The Hall–Kier alpha value is -2.67. The largest absolute Gasteiger partial charge is 0.328 e. The molecule has 0 aliphatic rings. The number of aromatic nitrogens is 3. The fourth-order valence-corrected chi connectivity index (χ4v) is 2.54. The molecule has 0 radical (unpaired) electrons. The van der Waals surface area contributed by atoms with Crippen molar-refractivity contribution in [1.29, 1.82) is 5.26 Å². The van der Waals surface area contributed by atoms with Gasteiger partial charge in [-0.1, -0.05) is 13.0 Å². The van der Waals surface area contributed by atoms with Crippen molar-refractivity contribution in [2.75, 3.05) is 0 Å². The first-order valence-electron chi connectivity index (χ1n) is 7.10. The van der Waals surface area contributed by atoms with Gasteiger partial charge >= 0.3 is 0 Å². The minimum atomic E-state index is 0.650. The molecule has 2 heterocycles. The second-order valence-corrected chi connectivity index (χ2v) is 5.03. The van der Waals surface area contributed by atoms with Gasteiger partial charge in [0.25, 0.3) is 0 Å². The number of hydrogen-bond acceptors (Lipinski definition) is 3. The van der Waals surface area contributed by atoms with Crippen molar-refractivity contribution in [3.63, 3.8) is 0 Å². The fraction of sp³-hybridized carbons (Fsp3) is 0.235. The standard InChI is InChI=1S/C17H16N4/c1-2-8-21-16-6-5-13(11-18)9-15(16)20-17(21)10-14-4-3-7-19-12-14/h3-7,9,12H,2,8,10H2,1H3. The maximum atomic E-state index is 9.02. The van der Waals surface area contributed by atoms with Crippen LogP contribution >= 0.6 is 0 Å². The summed E-state index contributed by atoms with van der Waals surface area (Å²) in [4.78, 5) is 8.88. The molecular formula is C17H16N4. The Balaban J connectivity index is 2.08. The summed E-state index contributed by atoms with van der Waals surface area (Å²) in [5.74, 6) is 1.02. The second-order valence-electron chi connectivity index (χ2n) is 5.03. The van der Waals surface area contributed by atoms with Gasteiger partial charge in [0, 0.05) is 25.4 Å². The minimum absolute atomic E-state index is 0.650. The van der Waals surface area contributed by atoms with Gasteiger partial charge in [0.2, 0.25) is 0 Å². The lowest BCUT2D eigenvalue weighted by Gasteiger charge is -2.07. The normalized spacial score (nSPS) is 10.7. The molecule has 3 rings (SSSR count). The Morgan fingerprint density at radius 2 is 2.19 bits per heavy atom. The van der Waals surface area contributed by atoms with Crippen molar-refractivity contribution in [3.05, 3.63) is 59.7 Å². The zero-order chi connectivity index (χ0) is 14.7. The maximum absolute atomic E-state index is 9.02. The predicted molar refractivity (Wildman–Crippen MR) is 81.8 cm³/mol. The molecule has 2 aromatic heterocycles. The molecule has 0 fully saturated rings. The molecule has 21 heavy (non-hydrogen) atoms. The maximum Gasteiger partial charge on any atom is 0.114 e. The first-order valence-corrected chi connectivity index (χ1v) is 7.10. The number of imidazole rings is 1. The van der Waals surface area contributed by atoms with E-state index in [1.165, 1.54) is 0 Å². The molecule has 4 nitrogen and oxygen atoms in total. The number of nitriles is 1. The lowest BCUT2D eigenvalue weighted by Crippen LogP contribution is -2.04. The van der Waals surface area contributed by atoms with Gasteiger partial charge in [0.1, 0.15) is 5.82 Å². The van der Waals surface area contributed by atoms with Crippen molar-refractivity contribution in [1.82, 2.24) is 14.5 Å². The van der Waals surface area contributed by atoms with E-state index in [2.05, 4.69) is 28.6 Å². The molecule has 4 heteroatoms. The molecule has 0 amide bonds. The second kappa shape index (κ2) is 5.76. The molecule has 0 unspecified atom stereocenters. The lowest BCUT2D eigenvalue weighted by atomic mass is 10.2. The Labute approximate surface area is 123 Å². The van der Waals surface area contributed by atoms with Crippen LogP contribution in [0, 0.1) is 11.3 Å². The van der Waals surface area contributed by atoms with Gasteiger partial charge in [0.05, 0.1) is 22.7 Å². The minimum Gasteiger partial charge on any atom is -0.328 e. The molecule has 104 valence electrons. The van der Waals surface area contributed by atoms with Crippen LogP contribution in [0.1, 0.15) is 30.3 Å². The highest BCUT2D eigenvalue weighted by molar-refractivity contribution is 5.77. The van der Waals surface area contributed by atoms with Crippen LogP contribution in [0.2, 0.25) is 0 Å². The third-order valence-electron chi connectivity index (χ3n) is 3.49. The molecule has 3 aromatic rings. The molecule has 0 aliphatic heterocycles. The Kier molecular flexibility index (Phi) is 3.65. The number of nitrogens with zero attached hydrogens (tertiary/aromatic N) is 4. The molecule has 0 aliphatic carbocycles. The highest BCUT2D eigenvalue weighted by atomic mass is 15.1. The highest BCUT2D eigenvalue weighted by Gasteiger charge is 2.11. The first-order chi connectivity index (χ1) is 10.3. The number of hydrogen-bond donors (Lipinski definition) is 0. The summed E-state index contributed by atoms with van der Waals surface area (Å²) in [6.45, 7) is 3.08. The van der Waals surface area contributed by atoms with Crippen LogP contribution in [0.5, 0.6) is 0 Å². The molecular weight excluding hydrogens is 260 g/mol. The van der Waals surface area contributed by atoms with E-state index in [1.54, 1.807) is 6.20 Å². The Morgan fingerprint density at radius 3 is 2.90 bits per heavy atom. The summed E-state index contributed by atoms with van der Waals surface area (Å²) in [5.41, 5.74) is 3.78. The number of pyridine rings is 1. The lowest BCUT2D eigenvalue weighted by molar-refractivity contribution is 0.664. The average Bonchev–Trinajstić information content (AvgIpc) is 2.85. The smallest absolute Gasteiger partial charge is 0.114 e. The summed E-state index contributed by atoms with van der Waals surface area (Å²) >= 11 is 0. The van der Waals surface area contributed by atoms with E-state index < -0.39 is 0 Å². The summed E-state index contributed by atoms with van der Waals surface area (Å²) in [5, 5.41) is 9.02. The van der Waals surface area contributed by atoms with Crippen molar-refractivity contribution in [3.8, 4) is 6.07 Å². The van der Waals surface area contributed by atoms with E-state index in [9.17, 15) is 0 Å². The van der Waals surface area contributed by atoms with Gasteiger partial charge in [0.15, 0.2) is 0 Å². The van der Waals surface area contributed by atoms with Gasteiger partial charge in [-0.3, -0.25) is 4.98 Å². The molecule has 0 saturated heterocycles. The van der Waals surface area contributed by atoms with Gasteiger partial charge in [-0.25, -0.2) is 4.98 Å². The van der Waals surface area contributed by atoms with Crippen LogP contribution in [0.25, 0.3) is 11.0 Å². The van der Waals surface area contributed by atoms with Crippen LogP contribution in [0.4, 0.5) is 0 Å². The van der Waals surface area contributed by atoms with E-state index in [-0.39, 0.29) is 0 Å². The number of rotatable bonds is 4. The van der Waals surface area contributed by atoms with Crippen molar-refractivity contribution >= 4 is 11.0 Å². The third-order valence-corrected chi connectivity index (χ3v) is 3.49. The SMILES string of the molecule is CCCn1c(Cc2cccnc2)nc2cc(C#N)ccc21. The molecule has 0 atom stereocenters. The van der Waals surface area contributed by atoms with E-state index in [4.69, 9.17) is 10.2 Å². The van der Waals surface area contributed by atoms with Gasteiger partial charge in [-0.05, 0) is 36.2 Å². The summed E-state index contributed by atoms with van der Waals surface area (Å²) in [6.07, 6.45) is 5.45. The van der Waals surface area contributed by atoms with Crippen molar-refractivity contribution in [2.45, 2.75) is 26.3 Å². The van der Waals surface area contributed by atoms with Crippen LogP contribution < -0.4 is 0 Å². The zero-order valence-corrected chi connectivity index (χ0v) is 12.0. The van der Waals surface area contributed by atoms with Crippen LogP contribution in [0.3, 0.4) is 0 Å². The van der Waals surface area contributed by atoms with E-state index in [0.29, 0.717) is 5.56 Å². The molecule has 0 spiro atoms. The fourth-order valence-electron chi connectivity index (χ4n) is 2.54. The van der Waals surface area contributed by atoms with Crippen LogP contribution in [-0.2, 0) is 13.0 Å². The van der Waals surface area contributed by atoms with Crippen molar-refractivity contribution in [2.24, 2.45) is 0 Å². The summed E-state index contributed by atoms with van der Waals surface area (Å²) in [6, 6.07) is 11.9. The van der Waals surface area contributed by atoms with E-state index >= 15 is 0 Å². The number of aryl methyl sites for hydroxylation is 1. The zero-order valence-electron chi connectivity index (χ0n) is 12.0. The first kappa shape index (κ1) is 13.3. The predicted octanol–water partition coefficient (Wildman–Crippen LogP) is 3.30.